The molecule has 3 unspecified atom stereocenters. The molecular weight excluding hydrogens is 316 g/mol. The second-order valence-corrected chi connectivity index (χ2v) is 7.44. The average molecular weight is 348 g/mol. The molecule has 1 heterocycles. The van der Waals surface area contributed by atoms with Crippen LogP contribution < -0.4 is 0 Å². The van der Waals surface area contributed by atoms with Gasteiger partial charge in [0, 0.05) is 25.7 Å². The third kappa shape index (κ3) is 5.80. The third-order valence-corrected chi connectivity index (χ3v) is 4.76. The molecule has 0 bridgehead atoms. The van der Waals surface area contributed by atoms with Crippen LogP contribution in [0.5, 0.6) is 0 Å². The summed E-state index contributed by atoms with van der Waals surface area (Å²) in [5.41, 5.74) is 1.15. The molecule has 25 heavy (non-hydrogen) atoms. The summed E-state index contributed by atoms with van der Waals surface area (Å²) >= 11 is 0. The van der Waals surface area contributed by atoms with Crippen molar-refractivity contribution < 1.29 is 14.6 Å². The summed E-state index contributed by atoms with van der Waals surface area (Å²) < 4.78 is 5.73. The van der Waals surface area contributed by atoms with Crippen molar-refractivity contribution in [2.75, 3.05) is 26.2 Å². The summed E-state index contributed by atoms with van der Waals surface area (Å²) in [6, 6.07) is 10.1. The highest BCUT2D eigenvalue weighted by Gasteiger charge is 2.29. The van der Waals surface area contributed by atoms with E-state index in [1.54, 1.807) is 0 Å². The van der Waals surface area contributed by atoms with Gasteiger partial charge in [0.2, 0.25) is 5.91 Å². The van der Waals surface area contributed by atoms with Gasteiger partial charge in [-0.05, 0) is 25.3 Å². The molecule has 5 nitrogen and oxygen atoms in total. The molecule has 5 heteroatoms. The van der Waals surface area contributed by atoms with E-state index in [9.17, 15) is 9.90 Å². The summed E-state index contributed by atoms with van der Waals surface area (Å²) in [4.78, 5) is 16.9. The Morgan fingerprint density at radius 1 is 1.24 bits per heavy atom. The van der Waals surface area contributed by atoms with Crippen LogP contribution in [-0.2, 0) is 16.1 Å². The van der Waals surface area contributed by atoms with E-state index in [4.69, 9.17) is 4.74 Å². The maximum absolute atomic E-state index is 12.9. The van der Waals surface area contributed by atoms with Crippen LogP contribution in [0.15, 0.2) is 30.3 Å². The highest BCUT2D eigenvalue weighted by atomic mass is 16.5. The molecule has 2 rings (SSSR count). The van der Waals surface area contributed by atoms with Gasteiger partial charge in [0.25, 0.3) is 0 Å². The number of ether oxygens (including phenoxy) is 1. The largest absolute Gasteiger partial charge is 0.395 e. The first kappa shape index (κ1) is 19.9. The average Bonchev–Trinajstić information content (AvgIpc) is 2.55. The van der Waals surface area contributed by atoms with E-state index in [-0.39, 0.29) is 36.7 Å². The first-order valence-electron chi connectivity index (χ1n) is 9.22. The fourth-order valence-corrected chi connectivity index (χ4v) is 3.51. The zero-order valence-electron chi connectivity index (χ0n) is 15.9. The number of nitrogens with zero attached hydrogens (tertiary/aromatic N) is 2. The van der Waals surface area contributed by atoms with Crippen molar-refractivity contribution in [1.82, 2.24) is 9.80 Å². The Labute approximate surface area is 151 Å². The van der Waals surface area contributed by atoms with E-state index in [1.807, 2.05) is 36.9 Å². The number of benzene rings is 1. The smallest absolute Gasteiger partial charge is 0.236 e. The molecule has 1 aromatic rings. The van der Waals surface area contributed by atoms with Crippen LogP contribution in [-0.4, -0.2) is 65.3 Å². The van der Waals surface area contributed by atoms with Crippen molar-refractivity contribution in [3.63, 3.8) is 0 Å². The standard InChI is InChI=1S/C20H32N2O3/c1-15(2)19(14-23)21(12-18-8-6-5-7-9-18)13-20(24)22-10-16(3)25-17(4)11-22/h5-9,15-17,19,23H,10-14H2,1-4H3. The first-order chi connectivity index (χ1) is 11.9. The van der Waals surface area contributed by atoms with Crippen LogP contribution in [0.3, 0.4) is 0 Å². The number of hydrogen-bond acceptors (Lipinski definition) is 4. The molecule has 1 aliphatic heterocycles. The fraction of sp³-hybridized carbons (Fsp3) is 0.650. The molecule has 0 radical (unpaired) electrons. The minimum atomic E-state index is -0.0416. The lowest BCUT2D eigenvalue weighted by Gasteiger charge is -2.38. The van der Waals surface area contributed by atoms with Crippen LogP contribution in [0, 0.1) is 5.92 Å². The summed E-state index contributed by atoms with van der Waals surface area (Å²) in [6.45, 7) is 10.5. The normalized spacial score (nSPS) is 22.4. The Morgan fingerprint density at radius 3 is 2.36 bits per heavy atom. The number of carbonyl (C=O) groups excluding carboxylic acids is 1. The van der Waals surface area contributed by atoms with Crippen LogP contribution >= 0.6 is 0 Å². The number of aliphatic hydroxyl groups excluding tert-OH is 1. The molecule has 1 aromatic carbocycles. The molecular formula is C20H32N2O3. The second kappa shape index (κ2) is 9.32. The molecule has 0 saturated carbocycles. The second-order valence-electron chi connectivity index (χ2n) is 7.44. The SMILES string of the molecule is CC1CN(C(=O)CN(Cc2ccccc2)C(CO)C(C)C)CC(C)O1. The van der Waals surface area contributed by atoms with Crippen molar-refractivity contribution in [2.24, 2.45) is 5.92 Å². The minimum Gasteiger partial charge on any atom is -0.395 e. The predicted molar refractivity (Wildman–Crippen MR) is 99.2 cm³/mol. The van der Waals surface area contributed by atoms with E-state index in [0.29, 0.717) is 26.2 Å². The highest BCUT2D eigenvalue weighted by Crippen LogP contribution is 2.17. The number of aliphatic hydroxyl groups is 1. The first-order valence-corrected chi connectivity index (χ1v) is 9.22. The molecule has 1 saturated heterocycles. The Bertz CT molecular complexity index is 525. The third-order valence-electron chi connectivity index (χ3n) is 4.76. The zero-order chi connectivity index (χ0) is 18.4. The van der Waals surface area contributed by atoms with Gasteiger partial charge in [-0.2, -0.15) is 0 Å². The lowest BCUT2D eigenvalue weighted by Crippen LogP contribution is -2.53. The summed E-state index contributed by atoms with van der Waals surface area (Å²) in [5, 5.41) is 9.87. The molecule has 140 valence electrons. The predicted octanol–water partition coefficient (Wildman–Crippen LogP) is 2.14. The number of rotatable bonds is 7. The Kier molecular flexibility index (Phi) is 7.41. The summed E-state index contributed by atoms with van der Waals surface area (Å²) in [5.74, 6) is 0.376. The number of hydrogen-bond donors (Lipinski definition) is 1. The highest BCUT2D eigenvalue weighted by molar-refractivity contribution is 5.78. The molecule has 1 N–H and O–H groups in total. The Hall–Kier alpha value is -1.43. The summed E-state index contributed by atoms with van der Waals surface area (Å²) in [6.07, 6.45) is 0.128. The van der Waals surface area contributed by atoms with Crippen molar-refractivity contribution in [1.29, 1.82) is 0 Å². The van der Waals surface area contributed by atoms with E-state index in [0.717, 1.165) is 5.56 Å². The monoisotopic (exact) mass is 348 g/mol. The van der Waals surface area contributed by atoms with Gasteiger partial charge in [0.15, 0.2) is 0 Å². The minimum absolute atomic E-state index is 0.0416. The van der Waals surface area contributed by atoms with Gasteiger partial charge < -0.3 is 14.7 Å². The maximum atomic E-state index is 12.9. The Morgan fingerprint density at radius 2 is 1.84 bits per heavy atom. The van der Waals surface area contributed by atoms with E-state index >= 15 is 0 Å². The quantitative estimate of drug-likeness (QED) is 0.820. The molecule has 3 atom stereocenters. The fourth-order valence-electron chi connectivity index (χ4n) is 3.51. The van der Waals surface area contributed by atoms with Gasteiger partial charge in [0.05, 0.1) is 25.4 Å². The van der Waals surface area contributed by atoms with Gasteiger partial charge in [-0.25, -0.2) is 0 Å². The van der Waals surface area contributed by atoms with E-state index < -0.39 is 0 Å². The van der Waals surface area contributed by atoms with E-state index in [1.165, 1.54) is 0 Å². The van der Waals surface area contributed by atoms with Crippen LogP contribution in [0.1, 0.15) is 33.3 Å². The van der Waals surface area contributed by atoms with Crippen LogP contribution in [0.2, 0.25) is 0 Å². The van der Waals surface area contributed by atoms with Crippen LogP contribution in [0.4, 0.5) is 0 Å². The van der Waals surface area contributed by atoms with Crippen LogP contribution in [0.25, 0.3) is 0 Å². The molecule has 1 amide bonds. The topological polar surface area (TPSA) is 53.0 Å². The number of morpholine rings is 1. The molecule has 0 aliphatic carbocycles. The van der Waals surface area contributed by atoms with Gasteiger partial charge in [-0.1, -0.05) is 44.2 Å². The number of carbonyl (C=O) groups is 1. The van der Waals surface area contributed by atoms with E-state index in [2.05, 4.69) is 30.9 Å². The summed E-state index contributed by atoms with van der Waals surface area (Å²) in [7, 11) is 0. The number of amides is 1. The lowest BCUT2D eigenvalue weighted by atomic mass is 10.0. The van der Waals surface area contributed by atoms with Gasteiger partial charge in [-0.3, -0.25) is 9.69 Å². The Balaban J connectivity index is 2.10. The molecule has 1 aliphatic rings. The van der Waals surface area contributed by atoms with Gasteiger partial charge >= 0.3 is 0 Å². The zero-order valence-corrected chi connectivity index (χ0v) is 15.9. The molecule has 0 spiro atoms. The van der Waals surface area contributed by atoms with Crippen molar-refractivity contribution in [3.8, 4) is 0 Å². The van der Waals surface area contributed by atoms with Crippen molar-refractivity contribution in [2.45, 2.75) is 52.5 Å². The van der Waals surface area contributed by atoms with Gasteiger partial charge in [0.1, 0.15) is 0 Å². The molecule has 1 fully saturated rings. The molecule has 0 aromatic heterocycles. The van der Waals surface area contributed by atoms with Gasteiger partial charge in [-0.15, -0.1) is 0 Å². The van der Waals surface area contributed by atoms with Crippen molar-refractivity contribution >= 4 is 5.91 Å². The maximum Gasteiger partial charge on any atom is 0.236 e. The van der Waals surface area contributed by atoms with Crippen molar-refractivity contribution in [3.05, 3.63) is 35.9 Å². The lowest BCUT2D eigenvalue weighted by molar-refractivity contribution is -0.145.